The van der Waals surface area contributed by atoms with Crippen molar-refractivity contribution in [2.24, 2.45) is 0 Å². The normalized spacial score (nSPS) is 12.6. The van der Waals surface area contributed by atoms with Gasteiger partial charge in [-0.3, -0.25) is 0 Å². The van der Waals surface area contributed by atoms with Crippen molar-refractivity contribution < 1.29 is 9.53 Å². The Hall–Kier alpha value is -0.360. The second-order valence-corrected chi connectivity index (χ2v) is 4.29. The molecule has 0 N–H and O–H groups in total. The predicted octanol–water partition coefficient (Wildman–Crippen LogP) is 2.53. The van der Waals surface area contributed by atoms with Crippen LogP contribution < -0.4 is 0 Å². The van der Waals surface area contributed by atoms with Gasteiger partial charge in [-0.25, -0.2) is 9.48 Å². The SMILES string of the molecule is CCOC(=O)C(C)n1nc(Br)cc1Br. The summed E-state index contributed by atoms with van der Waals surface area (Å²) < 4.78 is 7.87. The zero-order chi connectivity index (χ0) is 10.7. The zero-order valence-electron chi connectivity index (χ0n) is 7.83. The molecule has 0 aliphatic carbocycles. The molecule has 0 saturated carbocycles. The van der Waals surface area contributed by atoms with Crippen LogP contribution in [0.2, 0.25) is 0 Å². The van der Waals surface area contributed by atoms with E-state index < -0.39 is 6.04 Å². The lowest BCUT2D eigenvalue weighted by Crippen LogP contribution is -2.20. The van der Waals surface area contributed by atoms with Crippen LogP contribution >= 0.6 is 31.9 Å². The lowest BCUT2D eigenvalue weighted by atomic mass is 10.3. The third-order valence-corrected chi connectivity index (χ3v) is 2.63. The van der Waals surface area contributed by atoms with Crippen molar-refractivity contribution in [3.8, 4) is 0 Å². The molecule has 1 aromatic heterocycles. The van der Waals surface area contributed by atoms with Gasteiger partial charge in [0.1, 0.15) is 15.2 Å². The number of ether oxygens (including phenoxy) is 1. The molecule has 4 nitrogen and oxygen atoms in total. The molecule has 14 heavy (non-hydrogen) atoms. The van der Waals surface area contributed by atoms with Crippen molar-refractivity contribution in [1.82, 2.24) is 9.78 Å². The summed E-state index contributed by atoms with van der Waals surface area (Å²) in [5, 5.41) is 4.10. The van der Waals surface area contributed by atoms with Gasteiger partial charge in [0.15, 0.2) is 0 Å². The van der Waals surface area contributed by atoms with Gasteiger partial charge in [-0.1, -0.05) is 0 Å². The fourth-order valence-corrected chi connectivity index (χ4v) is 2.28. The van der Waals surface area contributed by atoms with Crippen molar-refractivity contribution in [3.63, 3.8) is 0 Å². The molecule has 1 heterocycles. The summed E-state index contributed by atoms with van der Waals surface area (Å²) in [6.45, 7) is 3.89. The van der Waals surface area contributed by atoms with E-state index in [0.29, 0.717) is 11.2 Å². The first-order valence-corrected chi connectivity index (χ1v) is 5.72. The number of esters is 1. The molecule has 0 aliphatic rings. The highest BCUT2D eigenvalue weighted by molar-refractivity contribution is 9.11. The van der Waals surface area contributed by atoms with Crippen molar-refractivity contribution in [3.05, 3.63) is 15.3 Å². The maximum Gasteiger partial charge on any atom is 0.330 e. The first-order chi connectivity index (χ1) is 6.56. The molecule has 6 heteroatoms. The van der Waals surface area contributed by atoms with Gasteiger partial charge >= 0.3 is 5.97 Å². The molecular formula is C8H10Br2N2O2. The molecule has 0 saturated heterocycles. The highest BCUT2D eigenvalue weighted by Crippen LogP contribution is 2.21. The minimum absolute atomic E-state index is 0.288. The molecule has 0 amide bonds. The van der Waals surface area contributed by atoms with E-state index in [1.54, 1.807) is 24.6 Å². The third kappa shape index (κ3) is 2.57. The summed E-state index contributed by atoms with van der Waals surface area (Å²) in [5.41, 5.74) is 0. The van der Waals surface area contributed by atoms with E-state index >= 15 is 0 Å². The first-order valence-electron chi connectivity index (χ1n) is 4.13. The van der Waals surface area contributed by atoms with Crippen LogP contribution in [0, 0.1) is 0 Å². The second-order valence-electron chi connectivity index (χ2n) is 2.66. The van der Waals surface area contributed by atoms with Gasteiger partial charge in [-0.15, -0.1) is 0 Å². The highest BCUT2D eigenvalue weighted by Gasteiger charge is 2.19. The number of nitrogens with zero attached hydrogens (tertiary/aromatic N) is 2. The number of halogens is 2. The number of aromatic nitrogens is 2. The van der Waals surface area contributed by atoms with Crippen molar-refractivity contribution in [1.29, 1.82) is 0 Å². The predicted molar refractivity (Wildman–Crippen MR) is 59.0 cm³/mol. The monoisotopic (exact) mass is 324 g/mol. The molecule has 0 aliphatic heterocycles. The Morgan fingerprint density at radius 1 is 1.71 bits per heavy atom. The Kier molecular flexibility index (Phi) is 4.12. The lowest BCUT2D eigenvalue weighted by Gasteiger charge is -2.11. The van der Waals surface area contributed by atoms with Crippen LogP contribution in [-0.2, 0) is 9.53 Å². The molecule has 1 unspecified atom stereocenters. The van der Waals surface area contributed by atoms with Crippen molar-refractivity contribution in [2.45, 2.75) is 19.9 Å². The summed E-state index contributed by atoms with van der Waals surface area (Å²) in [4.78, 5) is 11.4. The number of carbonyl (C=O) groups is 1. The minimum atomic E-state index is -0.421. The van der Waals surface area contributed by atoms with Gasteiger partial charge in [-0.2, -0.15) is 5.10 Å². The first kappa shape index (κ1) is 11.7. The van der Waals surface area contributed by atoms with E-state index in [0.717, 1.165) is 4.60 Å². The fraction of sp³-hybridized carbons (Fsp3) is 0.500. The number of hydrogen-bond donors (Lipinski definition) is 0. The summed E-state index contributed by atoms with van der Waals surface area (Å²) in [6, 6.07) is 1.35. The zero-order valence-corrected chi connectivity index (χ0v) is 11.0. The van der Waals surface area contributed by atoms with Crippen molar-refractivity contribution in [2.75, 3.05) is 6.61 Å². The van der Waals surface area contributed by atoms with E-state index in [1.165, 1.54) is 0 Å². The van der Waals surface area contributed by atoms with Crippen LogP contribution in [0.15, 0.2) is 15.3 Å². The Bertz CT molecular complexity index is 338. The van der Waals surface area contributed by atoms with Crippen LogP contribution in [0.4, 0.5) is 0 Å². The molecule has 1 aromatic rings. The summed E-state index contributed by atoms with van der Waals surface area (Å²) in [7, 11) is 0. The van der Waals surface area contributed by atoms with E-state index in [1.807, 2.05) is 0 Å². The molecule has 0 bridgehead atoms. The van der Waals surface area contributed by atoms with Crippen molar-refractivity contribution >= 4 is 37.8 Å². The standard InChI is InChI=1S/C8H10Br2N2O2/c1-3-14-8(13)5(2)12-7(10)4-6(9)11-12/h4-5H,3H2,1-2H3. The van der Waals surface area contributed by atoms with E-state index in [2.05, 4.69) is 37.0 Å². The van der Waals surface area contributed by atoms with Gasteiger partial charge < -0.3 is 4.74 Å². The molecule has 0 aromatic carbocycles. The average molecular weight is 326 g/mol. The Morgan fingerprint density at radius 3 is 2.79 bits per heavy atom. The van der Waals surface area contributed by atoms with Gasteiger partial charge in [-0.05, 0) is 45.7 Å². The Balaban J connectivity index is 2.83. The molecule has 0 radical (unpaired) electrons. The topological polar surface area (TPSA) is 44.1 Å². The second kappa shape index (κ2) is 4.93. The van der Waals surface area contributed by atoms with Gasteiger partial charge in [0.2, 0.25) is 0 Å². The minimum Gasteiger partial charge on any atom is -0.464 e. The van der Waals surface area contributed by atoms with Crippen LogP contribution in [0.1, 0.15) is 19.9 Å². The number of carbonyl (C=O) groups excluding carboxylic acids is 1. The number of hydrogen-bond acceptors (Lipinski definition) is 3. The van der Waals surface area contributed by atoms with Gasteiger partial charge in [0.25, 0.3) is 0 Å². The quantitative estimate of drug-likeness (QED) is 0.802. The summed E-state index contributed by atoms with van der Waals surface area (Å²) >= 11 is 6.53. The van der Waals surface area contributed by atoms with Crippen LogP contribution in [-0.4, -0.2) is 22.4 Å². The molecule has 0 fully saturated rings. The van der Waals surface area contributed by atoms with E-state index in [4.69, 9.17) is 4.74 Å². The van der Waals surface area contributed by atoms with Crippen LogP contribution in [0.3, 0.4) is 0 Å². The van der Waals surface area contributed by atoms with Gasteiger partial charge in [0, 0.05) is 6.07 Å². The Labute approximate surface area is 98.9 Å². The molecule has 1 rings (SSSR count). The largest absolute Gasteiger partial charge is 0.464 e. The molecule has 78 valence electrons. The highest BCUT2D eigenvalue weighted by atomic mass is 79.9. The fourth-order valence-electron chi connectivity index (χ4n) is 0.978. The summed E-state index contributed by atoms with van der Waals surface area (Å²) in [6.07, 6.45) is 0. The van der Waals surface area contributed by atoms with Crippen LogP contribution in [0.25, 0.3) is 0 Å². The molecule has 0 spiro atoms. The third-order valence-electron chi connectivity index (χ3n) is 1.65. The smallest absolute Gasteiger partial charge is 0.330 e. The lowest BCUT2D eigenvalue weighted by molar-refractivity contribution is -0.146. The Morgan fingerprint density at radius 2 is 2.36 bits per heavy atom. The molecule has 1 atom stereocenters. The van der Waals surface area contributed by atoms with Gasteiger partial charge in [0.05, 0.1) is 6.61 Å². The summed E-state index contributed by atoms with van der Waals surface area (Å²) in [5.74, 6) is -0.288. The number of rotatable bonds is 3. The van der Waals surface area contributed by atoms with E-state index in [-0.39, 0.29) is 5.97 Å². The molecular weight excluding hydrogens is 316 g/mol. The maximum atomic E-state index is 11.4. The average Bonchev–Trinajstić information content (AvgIpc) is 2.44. The van der Waals surface area contributed by atoms with Crippen LogP contribution in [0.5, 0.6) is 0 Å². The van der Waals surface area contributed by atoms with E-state index in [9.17, 15) is 4.79 Å². The maximum absolute atomic E-state index is 11.4.